The number of thiazole rings is 1. The Labute approximate surface area is 185 Å². The number of carbonyl (C=O) groups excluding carboxylic acids is 1. The highest BCUT2D eigenvalue weighted by Gasteiger charge is 2.34. The van der Waals surface area contributed by atoms with Crippen molar-refractivity contribution in [2.75, 3.05) is 5.32 Å². The number of hydrogen-bond donors (Lipinski definition) is 2. The van der Waals surface area contributed by atoms with Gasteiger partial charge in [-0.15, -0.1) is 11.3 Å². The second kappa shape index (κ2) is 8.24. The first-order valence-corrected chi connectivity index (χ1v) is 10.1. The molecule has 0 spiro atoms. The number of amides is 1. The van der Waals surface area contributed by atoms with E-state index < -0.39 is 34.7 Å². The number of halogens is 4. The van der Waals surface area contributed by atoms with Crippen molar-refractivity contribution >= 4 is 33.4 Å². The smallest absolute Gasteiger partial charge is 0.302 e. The molecule has 2 N–H and O–H groups in total. The van der Waals surface area contributed by atoms with Crippen molar-refractivity contribution in [3.63, 3.8) is 0 Å². The molecule has 4 aromatic rings. The molecule has 0 aliphatic rings. The Kier molecular flexibility index (Phi) is 5.57. The highest BCUT2D eigenvalue weighted by molar-refractivity contribution is 7.14. The quantitative estimate of drug-likeness (QED) is 0.437. The van der Waals surface area contributed by atoms with Crippen LogP contribution in [0, 0.1) is 5.82 Å². The number of nitrogens with zero attached hydrogens (tertiary/aromatic N) is 3. The number of fused-ring (bicyclic) bond motifs is 1. The molecule has 0 atom stereocenters. The molecule has 0 bridgehead atoms. The van der Waals surface area contributed by atoms with E-state index >= 15 is 0 Å². The third-order valence-corrected chi connectivity index (χ3v) is 5.51. The molecule has 0 aliphatic heterocycles. The highest BCUT2D eigenvalue weighted by Crippen LogP contribution is 2.35. The van der Waals surface area contributed by atoms with Gasteiger partial charge in [-0.25, -0.2) is 19.2 Å². The summed E-state index contributed by atoms with van der Waals surface area (Å²) in [6.07, 6.45) is -3.76. The third-order valence-electron chi connectivity index (χ3n) is 4.75. The van der Waals surface area contributed by atoms with Gasteiger partial charge in [0, 0.05) is 24.2 Å². The SMILES string of the molecule is Cn1c(=O)[nH]c2nccc(CC(=O)Nc3nc(-c4ccc(F)c(C(F)(F)F)c4)cs3)c2c1=O. The largest absolute Gasteiger partial charge is 0.419 e. The summed E-state index contributed by atoms with van der Waals surface area (Å²) in [5.74, 6) is -1.95. The van der Waals surface area contributed by atoms with Crippen molar-refractivity contribution in [2.24, 2.45) is 7.05 Å². The van der Waals surface area contributed by atoms with Crippen molar-refractivity contribution < 1.29 is 22.4 Å². The minimum atomic E-state index is -4.86. The molecule has 0 aliphatic carbocycles. The average molecular weight is 479 g/mol. The molecule has 0 unspecified atom stereocenters. The standard InChI is InChI=1S/C20H13F4N5O3S/c1-29-17(31)15-10(4-5-25-16(15)28-19(29)32)7-14(30)27-18-26-13(8-33-18)9-2-3-12(21)11(6-9)20(22,23)24/h2-6,8H,7H2,1H3,(H,25,28,32)(H,26,27,30). The first kappa shape index (κ1) is 22.3. The van der Waals surface area contributed by atoms with Crippen molar-refractivity contribution in [1.82, 2.24) is 19.5 Å². The monoisotopic (exact) mass is 479 g/mol. The zero-order valence-electron chi connectivity index (χ0n) is 16.7. The molecule has 0 saturated carbocycles. The molecule has 13 heteroatoms. The molecule has 0 saturated heterocycles. The number of benzene rings is 1. The Morgan fingerprint density at radius 2 is 2.00 bits per heavy atom. The van der Waals surface area contributed by atoms with Crippen LogP contribution in [0.25, 0.3) is 22.3 Å². The van der Waals surface area contributed by atoms with E-state index in [0.717, 1.165) is 22.0 Å². The highest BCUT2D eigenvalue weighted by atomic mass is 32.1. The number of anilines is 1. The summed E-state index contributed by atoms with van der Waals surface area (Å²) < 4.78 is 53.2. The number of aromatic nitrogens is 4. The van der Waals surface area contributed by atoms with Crippen LogP contribution in [0.4, 0.5) is 22.7 Å². The number of nitrogens with one attached hydrogen (secondary N) is 2. The number of aromatic amines is 1. The minimum Gasteiger partial charge on any atom is -0.302 e. The molecule has 3 heterocycles. The summed E-state index contributed by atoms with van der Waals surface area (Å²) in [4.78, 5) is 47.2. The van der Waals surface area contributed by atoms with Crippen LogP contribution >= 0.6 is 11.3 Å². The molecule has 33 heavy (non-hydrogen) atoms. The van der Waals surface area contributed by atoms with E-state index in [1.807, 2.05) is 0 Å². The number of rotatable bonds is 4. The van der Waals surface area contributed by atoms with Crippen molar-refractivity contribution in [3.8, 4) is 11.3 Å². The predicted octanol–water partition coefficient (Wildman–Crippen LogP) is 3.08. The van der Waals surface area contributed by atoms with E-state index in [2.05, 4.69) is 20.3 Å². The molecule has 4 rings (SSSR count). The molecule has 8 nitrogen and oxygen atoms in total. The van der Waals surface area contributed by atoms with E-state index in [4.69, 9.17) is 0 Å². The Hall–Kier alpha value is -3.87. The first-order chi connectivity index (χ1) is 15.5. The van der Waals surface area contributed by atoms with Gasteiger partial charge in [0.1, 0.15) is 11.5 Å². The topological polar surface area (TPSA) is 110 Å². The maximum atomic E-state index is 13.5. The minimum absolute atomic E-state index is 0.0352. The zero-order valence-corrected chi connectivity index (χ0v) is 17.5. The van der Waals surface area contributed by atoms with Crippen LogP contribution in [0.5, 0.6) is 0 Å². The zero-order chi connectivity index (χ0) is 23.9. The van der Waals surface area contributed by atoms with Crippen LogP contribution in [0.1, 0.15) is 11.1 Å². The molecule has 0 radical (unpaired) electrons. The van der Waals surface area contributed by atoms with Crippen molar-refractivity contribution in [3.05, 3.63) is 73.6 Å². The summed E-state index contributed by atoms with van der Waals surface area (Å²) in [5.41, 5.74) is -2.15. The maximum absolute atomic E-state index is 13.5. The Balaban J connectivity index is 1.57. The fourth-order valence-electron chi connectivity index (χ4n) is 3.13. The lowest BCUT2D eigenvalue weighted by Crippen LogP contribution is -2.33. The molecule has 3 aromatic heterocycles. The second-order valence-electron chi connectivity index (χ2n) is 6.94. The molecule has 1 amide bonds. The molecule has 170 valence electrons. The van der Waals surface area contributed by atoms with Gasteiger partial charge in [-0.2, -0.15) is 13.2 Å². The van der Waals surface area contributed by atoms with Gasteiger partial charge in [-0.1, -0.05) is 0 Å². The van der Waals surface area contributed by atoms with Gasteiger partial charge < -0.3 is 5.32 Å². The number of pyridine rings is 1. The van der Waals surface area contributed by atoms with Crippen LogP contribution < -0.4 is 16.6 Å². The van der Waals surface area contributed by atoms with Crippen LogP contribution in [-0.2, 0) is 24.4 Å². The molecule has 0 fully saturated rings. The molecule has 1 aromatic carbocycles. The van der Waals surface area contributed by atoms with Crippen LogP contribution in [0.15, 0.2) is 45.4 Å². The Morgan fingerprint density at radius 1 is 1.24 bits per heavy atom. The first-order valence-electron chi connectivity index (χ1n) is 9.24. The van der Waals surface area contributed by atoms with Crippen molar-refractivity contribution in [1.29, 1.82) is 0 Å². The van der Waals surface area contributed by atoms with E-state index in [0.29, 0.717) is 17.7 Å². The number of H-pyrrole nitrogens is 1. The van der Waals surface area contributed by atoms with Gasteiger partial charge in [0.2, 0.25) is 5.91 Å². The van der Waals surface area contributed by atoms with Gasteiger partial charge in [0.25, 0.3) is 5.56 Å². The normalized spacial score (nSPS) is 11.7. The Morgan fingerprint density at radius 3 is 2.73 bits per heavy atom. The van der Waals surface area contributed by atoms with Gasteiger partial charge >= 0.3 is 11.9 Å². The Bertz CT molecular complexity index is 1510. The average Bonchev–Trinajstić information content (AvgIpc) is 3.19. The van der Waals surface area contributed by atoms with E-state index in [1.54, 1.807) is 0 Å². The number of alkyl halides is 3. The van der Waals surface area contributed by atoms with E-state index in [1.165, 1.54) is 24.7 Å². The summed E-state index contributed by atoms with van der Waals surface area (Å²) in [6.45, 7) is 0. The third kappa shape index (κ3) is 4.39. The van der Waals surface area contributed by atoms with Crippen LogP contribution in [0.2, 0.25) is 0 Å². The van der Waals surface area contributed by atoms with Gasteiger partial charge in [-0.05, 0) is 29.8 Å². The lowest BCUT2D eigenvalue weighted by Gasteiger charge is -2.09. The molecular formula is C20H13F4N5O3S. The number of hydrogen-bond acceptors (Lipinski definition) is 6. The molecular weight excluding hydrogens is 466 g/mol. The van der Waals surface area contributed by atoms with E-state index in [9.17, 15) is 31.9 Å². The van der Waals surface area contributed by atoms with Gasteiger partial charge in [0.05, 0.1) is 23.1 Å². The fourth-order valence-corrected chi connectivity index (χ4v) is 3.87. The lowest BCUT2D eigenvalue weighted by atomic mass is 10.1. The van der Waals surface area contributed by atoms with Gasteiger partial charge in [0.15, 0.2) is 5.13 Å². The lowest BCUT2D eigenvalue weighted by molar-refractivity contribution is -0.140. The summed E-state index contributed by atoms with van der Waals surface area (Å²) >= 11 is 0.968. The number of carbonyl (C=O) groups is 1. The van der Waals surface area contributed by atoms with E-state index in [-0.39, 0.29) is 33.8 Å². The predicted molar refractivity (Wildman–Crippen MR) is 112 cm³/mol. The summed E-state index contributed by atoms with van der Waals surface area (Å²) in [7, 11) is 1.29. The van der Waals surface area contributed by atoms with Crippen LogP contribution in [-0.4, -0.2) is 25.4 Å². The summed E-state index contributed by atoms with van der Waals surface area (Å²) in [5, 5.41) is 4.13. The fraction of sp³-hybridized carbons (Fsp3) is 0.150. The van der Waals surface area contributed by atoms with Crippen LogP contribution in [0.3, 0.4) is 0 Å². The maximum Gasteiger partial charge on any atom is 0.419 e. The summed E-state index contributed by atoms with van der Waals surface area (Å²) in [6, 6.07) is 3.97. The van der Waals surface area contributed by atoms with Gasteiger partial charge in [-0.3, -0.25) is 19.1 Å². The second-order valence-corrected chi connectivity index (χ2v) is 7.80. The van der Waals surface area contributed by atoms with Crippen molar-refractivity contribution in [2.45, 2.75) is 12.6 Å².